The highest BCUT2D eigenvalue weighted by Gasteiger charge is 2.09. The topological polar surface area (TPSA) is 114 Å². The molecule has 0 amide bonds. The normalized spacial score (nSPS) is 9.90. The van der Waals surface area contributed by atoms with Crippen LogP contribution >= 0.6 is 0 Å². The van der Waals surface area contributed by atoms with Crippen LogP contribution in [-0.2, 0) is 23.2 Å². The summed E-state index contributed by atoms with van der Waals surface area (Å²) in [6.45, 7) is 2.86. The number of nitrogens with one attached hydrogen (secondary N) is 1. The zero-order valence-corrected chi connectivity index (χ0v) is 16.4. The first-order valence-corrected chi connectivity index (χ1v) is 8.73. The molecule has 3 N–H and O–H groups in total. The van der Waals surface area contributed by atoms with Crippen LogP contribution in [0, 0.1) is 6.92 Å². The van der Waals surface area contributed by atoms with Crippen molar-refractivity contribution in [2.24, 2.45) is 7.05 Å². The van der Waals surface area contributed by atoms with Crippen LogP contribution in [0.3, 0.4) is 0 Å². The first-order chi connectivity index (χ1) is 13.8. The number of nitrogens with zero attached hydrogens (tertiary/aromatic N) is 2. The highest BCUT2D eigenvalue weighted by molar-refractivity contribution is 6.27. The third-order valence-corrected chi connectivity index (χ3v) is 4.07. The molecule has 29 heavy (non-hydrogen) atoms. The van der Waals surface area contributed by atoms with Crippen molar-refractivity contribution < 1.29 is 24.5 Å². The molecule has 0 saturated heterocycles. The van der Waals surface area contributed by atoms with Crippen molar-refractivity contribution in [2.45, 2.75) is 13.5 Å². The number of aryl methyl sites for hydroxylation is 1. The Morgan fingerprint density at radius 1 is 1.10 bits per heavy atom. The molecule has 2 aromatic carbocycles. The minimum absolute atomic E-state index is 0.754. The van der Waals surface area contributed by atoms with Gasteiger partial charge in [-0.2, -0.15) is 0 Å². The lowest BCUT2D eigenvalue weighted by Crippen LogP contribution is -2.09. The van der Waals surface area contributed by atoms with Gasteiger partial charge in [-0.25, -0.2) is 14.6 Å². The predicted octanol–water partition coefficient (Wildman–Crippen LogP) is 3.17. The van der Waals surface area contributed by atoms with Gasteiger partial charge in [0.15, 0.2) is 0 Å². The van der Waals surface area contributed by atoms with E-state index in [0.29, 0.717) is 0 Å². The Hall–Kier alpha value is -3.81. The second-order valence-electron chi connectivity index (χ2n) is 6.21. The minimum Gasteiger partial charge on any atom is -0.497 e. The van der Waals surface area contributed by atoms with E-state index in [9.17, 15) is 0 Å². The lowest BCUT2D eigenvalue weighted by molar-refractivity contribution is -0.159. The molecule has 1 heterocycles. The lowest BCUT2D eigenvalue weighted by Gasteiger charge is -2.09. The number of benzene rings is 2. The zero-order valence-electron chi connectivity index (χ0n) is 16.4. The van der Waals surface area contributed by atoms with E-state index in [0.717, 1.165) is 29.5 Å². The molecular formula is C21H23N3O5. The number of hydrogen-bond donors (Lipinski definition) is 3. The van der Waals surface area contributed by atoms with E-state index >= 15 is 0 Å². The van der Waals surface area contributed by atoms with Crippen molar-refractivity contribution in [1.29, 1.82) is 0 Å². The van der Waals surface area contributed by atoms with Crippen molar-refractivity contribution in [2.75, 3.05) is 12.4 Å². The summed E-state index contributed by atoms with van der Waals surface area (Å²) in [6.07, 6.45) is 1.88. The standard InChI is InChI=1S/C19H21N3O.C2H2O4/c1-14-6-4-7-15(10-14)12-20-19-21-13-18(22(19)2)16-8-5-9-17(11-16)23-3;3-1(4)2(5)6/h4-11,13H,12H2,1-3H3,(H,20,21);(H,3,4)(H,5,6). The molecule has 3 rings (SSSR count). The Bertz CT molecular complexity index is 985. The molecule has 0 fully saturated rings. The molecule has 0 bridgehead atoms. The van der Waals surface area contributed by atoms with Crippen LogP contribution in [0.5, 0.6) is 5.75 Å². The number of rotatable bonds is 5. The molecule has 3 aromatic rings. The van der Waals surface area contributed by atoms with Crippen molar-refractivity contribution in [1.82, 2.24) is 9.55 Å². The molecule has 1 aromatic heterocycles. The summed E-state index contributed by atoms with van der Waals surface area (Å²) in [5.74, 6) is -1.95. The second-order valence-corrected chi connectivity index (χ2v) is 6.21. The van der Waals surface area contributed by atoms with E-state index in [-0.39, 0.29) is 0 Å². The van der Waals surface area contributed by atoms with Gasteiger partial charge in [0.05, 0.1) is 19.0 Å². The molecule has 0 radical (unpaired) electrons. The Labute approximate surface area is 168 Å². The van der Waals surface area contributed by atoms with Crippen LogP contribution in [0.4, 0.5) is 5.95 Å². The number of anilines is 1. The number of carboxylic acid groups (broad SMARTS) is 2. The summed E-state index contributed by atoms with van der Waals surface area (Å²) in [7, 11) is 3.69. The maximum atomic E-state index is 9.10. The van der Waals surface area contributed by atoms with Gasteiger partial charge in [-0.05, 0) is 24.6 Å². The van der Waals surface area contributed by atoms with Crippen LogP contribution in [0.1, 0.15) is 11.1 Å². The summed E-state index contributed by atoms with van der Waals surface area (Å²) in [6, 6.07) is 16.5. The molecule has 0 aliphatic carbocycles. The lowest BCUT2D eigenvalue weighted by atomic mass is 10.1. The summed E-state index contributed by atoms with van der Waals surface area (Å²) in [5.41, 5.74) is 4.65. The van der Waals surface area contributed by atoms with Gasteiger partial charge >= 0.3 is 11.9 Å². The average Bonchev–Trinajstić information content (AvgIpc) is 3.07. The Kier molecular flexibility index (Phi) is 7.36. The fourth-order valence-electron chi connectivity index (χ4n) is 2.63. The maximum absolute atomic E-state index is 9.10. The Balaban J connectivity index is 0.000000438. The van der Waals surface area contributed by atoms with Crippen LogP contribution in [0.25, 0.3) is 11.3 Å². The summed E-state index contributed by atoms with van der Waals surface area (Å²) < 4.78 is 7.35. The number of aromatic nitrogens is 2. The number of hydrogen-bond acceptors (Lipinski definition) is 5. The van der Waals surface area contributed by atoms with Crippen LogP contribution < -0.4 is 10.1 Å². The number of methoxy groups -OCH3 is 1. The monoisotopic (exact) mass is 397 g/mol. The molecule has 0 spiro atoms. The predicted molar refractivity (Wildman–Crippen MR) is 109 cm³/mol. The SMILES string of the molecule is COc1cccc(-c2cnc(NCc3cccc(C)c3)n2C)c1.O=C(O)C(=O)O. The fraction of sp³-hybridized carbons (Fsp3) is 0.190. The molecule has 0 aliphatic heterocycles. The Morgan fingerprint density at radius 2 is 1.79 bits per heavy atom. The fourth-order valence-corrected chi connectivity index (χ4v) is 2.63. The Morgan fingerprint density at radius 3 is 2.41 bits per heavy atom. The van der Waals surface area contributed by atoms with Crippen LogP contribution in [0.2, 0.25) is 0 Å². The summed E-state index contributed by atoms with van der Waals surface area (Å²) in [5, 5.41) is 18.2. The minimum atomic E-state index is -1.82. The van der Waals surface area contributed by atoms with Crippen molar-refractivity contribution in [3.8, 4) is 17.0 Å². The van der Waals surface area contributed by atoms with Gasteiger partial charge in [0.2, 0.25) is 5.95 Å². The van der Waals surface area contributed by atoms with Gasteiger partial charge in [-0.3, -0.25) is 0 Å². The second kappa shape index (κ2) is 9.93. The van der Waals surface area contributed by atoms with E-state index < -0.39 is 11.9 Å². The van der Waals surface area contributed by atoms with E-state index in [1.165, 1.54) is 11.1 Å². The quantitative estimate of drug-likeness (QED) is 0.567. The first-order valence-electron chi connectivity index (χ1n) is 8.73. The molecule has 8 nitrogen and oxygen atoms in total. The van der Waals surface area contributed by atoms with Crippen LogP contribution in [-0.4, -0.2) is 38.8 Å². The number of carboxylic acids is 2. The van der Waals surface area contributed by atoms with Gasteiger partial charge in [0, 0.05) is 19.2 Å². The van der Waals surface area contributed by atoms with E-state index in [1.54, 1.807) is 7.11 Å². The highest BCUT2D eigenvalue weighted by atomic mass is 16.5. The smallest absolute Gasteiger partial charge is 0.414 e. The first kappa shape index (κ1) is 21.5. The molecule has 0 saturated carbocycles. The van der Waals surface area contributed by atoms with E-state index in [4.69, 9.17) is 24.5 Å². The average molecular weight is 397 g/mol. The van der Waals surface area contributed by atoms with E-state index in [1.807, 2.05) is 31.4 Å². The van der Waals surface area contributed by atoms with Crippen molar-refractivity contribution >= 4 is 17.9 Å². The number of carbonyl (C=O) groups is 2. The van der Waals surface area contributed by atoms with Gasteiger partial charge < -0.3 is 24.8 Å². The van der Waals surface area contributed by atoms with Crippen molar-refractivity contribution in [3.05, 3.63) is 65.9 Å². The largest absolute Gasteiger partial charge is 0.497 e. The summed E-state index contributed by atoms with van der Waals surface area (Å²) >= 11 is 0. The van der Waals surface area contributed by atoms with Crippen molar-refractivity contribution in [3.63, 3.8) is 0 Å². The molecule has 0 atom stereocenters. The summed E-state index contributed by atoms with van der Waals surface area (Å²) in [4.78, 5) is 22.7. The van der Waals surface area contributed by atoms with Gasteiger partial charge in [0.25, 0.3) is 0 Å². The highest BCUT2D eigenvalue weighted by Crippen LogP contribution is 2.25. The zero-order chi connectivity index (χ0) is 21.4. The van der Waals surface area contributed by atoms with Gasteiger partial charge in [-0.15, -0.1) is 0 Å². The third-order valence-electron chi connectivity index (χ3n) is 4.07. The number of imidazole rings is 1. The van der Waals surface area contributed by atoms with E-state index in [2.05, 4.69) is 52.1 Å². The molecule has 0 unspecified atom stereocenters. The molecular weight excluding hydrogens is 374 g/mol. The molecule has 152 valence electrons. The van der Waals surface area contributed by atoms with Gasteiger partial charge in [0.1, 0.15) is 5.75 Å². The third kappa shape index (κ3) is 6.10. The molecule has 8 heteroatoms. The van der Waals surface area contributed by atoms with Gasteiger partial charge in [-0.1, -0.05) is 42.0 Å². The number of ether oxygens (including phenoxy) is 1. The van der Waals surface area contributed by atoms with Crippen LogP contribution in [0.15, 0.2) is 54.7 Å². The maximum Gasteiger partial charge on any atom is 0.414 e. The number of aliphatic carboxylic acids is 2. The molecule has 0 aliphatic rings.